The number of fused-ring (bicyclic) bond motifs is 1. The summed E-state index contributed by atoms with van der Waals surface area (Å²) < 4.78 is 85.2. The Kier molecular flexibility index (Phi) is 8.83. The number of carboxylic acid groups (broad SMARTS) is 1. The lowest BCUT2D eigenvalue weighted by Gasteiger charge is -2.25. The van der Waals surface area contributed by atoms with Crippen LogP contribution < -0.4 is 15.4 Å². The van der Waals surface area contributed by atoms with Gasteiger partial charge in [-0.2, -0.15) is 26.3 Å². The van der Waals surface area contributed by atoms with Crippen LogP contribution in [0.4, 0.5) is 32.0 Å². The van der Waals surface area contributed by atoms with E-state index >= 15 is 0 Å². The maximum absolute atomic E-state index is 13.5. The summed E-state index contributed by atoms with van der Waals surface area (Å²) >= 11 is 0. The van der Waals surface area contributed by atoms with E-state index in [2.05, 4.69) is 15.6 Å². The Bertz CT molecular complexity index is 1390. The van der Waals surface area contributed by atoms with E-state index in [9.17, 15) is 45.8 Å². The van der Waals surface area contributed by atoms with Crippen LogP contribution in [0, 0.1) is 17.8 Å². The molecule has 4 rings (SSSR count). The Labute approximate surface area is 236 Å². The number of carbonyl (C=O) groups is 3. The van der Waals surface area contributed by atoms with Crippen molar-refractivity contribution in [2.24, 2.45) is 22.7 Å². The highest BCUT2D eigenvalue weighted by Gasteiger charge is 2.42. The lowest BCUT2D eigenvalue weighted by atomic mass is 9.83. The zero-order valence-electron chi connectivity index (χ0n) is 22.2. The number of anilines is 1. The highest BCUT2D eigenvalue weighted by Crippen LogP contribution is 2.40. The molecule has 2 aromatic rings. The first-order valence-electron chi connectivity index (χ1n) is 13.0. The first-order valence-corrected chi connectivity index (χ1v) is 13.0. The van der Waals surface area contributed by atoms with E-state index in [-0.39, 0.29) is 40.6 Å². The van der Waals surface area contributed by atoms with Gasteiger partial charge in [-0.15, -0.1) is 0 Å². The number of halogens is 6. The number of rotatable bonds is 10. The van der Waals surface area contributed by atoms with Crippen LogP contribution in [0.5, 0.6) is 5.75 Å². The van der Waals surface area contributed by atoms with Gasteiger partial charge in [0.25, 0.3) is 5.91 Å². The Morgan fingerprint density at radius 1 is 1.10 bits per heavy atom. The zero-order valence-corrected chi connectivity index (χ0v) is 22.2. The minimum absolute atomic E-state index is 0.0104. The number of alkyl halides is 6. The molecule has 0 radical (unpaired) electrons. The van der Waals surface area contributed by atoms with Crippen molar-refractivity contribution in [3.8, 4) is 5.75 Å². The number of nitrogens with one attached hydrogen (secondary N) is 2. The number of nitrogens with zero attached hydrogens (tertiary/aromatic N) is 1. The molecule has 1 fully saturated rings. The smallest absolute Gasteiger partial charge is 0.416 e. The van der Waals surface area contributed by atoms with E-state index in [4.69, 9.17) is 4.74 Å². The third-order valence-corrected chi connectivity index (χ3v) is 7.16. The molecule has 0 spiro atoms. The van der Waals surface area contributed by atoms with Gasteiger partial charge in [0.15, 0.2) is 0 Å². The molecule has 0 bridgehead atoms. The molecular weight excluding hydrogens is 572 g/mol. The van der Waals surface area contributed by atoms with Gasteiger partial charge >= 0.3 is 18.3 Å². The van der Waals surface area contributed by atoms with E-state index in [0.29, 0.717) is 12.8 Å². The molecule has 14 heteroatoms. The van der Waals surface area contributed by atoms with Gasteiger partial charge in [0.2, 0.25) is 12.1 Å². The first-order chi connectivity index (χ1) is 19.7. The maximum Gasteiger partial charge on any atom is 0.416 e. The lowest BCUT2D eigenvalue weighted by Crippen LogP contribution is -2.47. The summed E-state index contributed by atoms with van der Waals surface area (Å²) in [5, 5.41) is 14.6. The van der Waals surface area contributed by atoms with Gasteiger partial charge in [-0.05, 0) is 37.0 Å². The number of carboxylic acids is 1. The van der Waals surface area contributed by atoms with Gasteiger partial charge in [-0.25, -0.2) is 4.99 Å². The predicted octanol–water partition coefficient (Wildman–Crippen LogP) is 5.41. The number of benzene rings is 2. The Morgan fingerprint density at radius 3 is 2.38 bits per heavy atom. The van der Waals surface area contributed by atoms with Crippen molar-refractivity contribution in [3.63, 3.8) is 0 Å². The number of carbonyl (C=O) groups excluding carboxylic acids is 2. The molecule has 2 unspecified atom stereocenters. The van der Waals surface area contributed by atoms with E-state index in [1.54, 1.807) is 0 Å². The molecule has 1 heterocycles. The van der Waals surface area contributed by atoms with E-state index in [1.807, 2.05) is 0 Å². The SMILES string of the molecule is COc1cccc2c1NC(=O)[C@@H](NC(=O)C(CCC(F)(F)F)C(CC1CC1)C(=O)O)N=C2c1cccc(C(F)(F)F)c1. The summed E-state index contributed by atoms with van der Waals surface area (Å²) in [5.74, 6) is -6.55. The van der Waals surface area contributed by atoms with Crippen LogP contribution in [0.15, 0.2) is 47.5 Å². The molecular formula is C28H27F6N3O5. The lowest BCUT2D eigenvalue weighted by molar-refractivity contribution is -0.154. The third-order valence-electron chi connectivity index (χ3n) is 7.16. The fraction of sp³-hybridized carbons (Fsp3) is 0.429. The summed E-state index contributed by atoms with van der Waals surface area (Å²) in [5.41, 5.74) is -1.01. The number of ether oxygens (including phenoxy) is 1. The first kappa shape index (κ1) is 30.8. The molecule has 42 heavy (non-hydrogen) atoms. The largest absolute Gasteiger partial charge is 0.495 e. The van der Waals surface area contributed by atoms with E-state index in [0.717, 1.165) is 18.2 Å². The highest BCUT2D eigenvalue weighted by atomic mass is 19.4. The second-order valence-corrected chi connectivity index (χ2v) is 10.2. The third kappa shape index (κ3) is 7.39. The van der Waals surface area contributed by atoms with Gasteiger partial charge in [-0.1, -0.05) is 37.1 Å². The predicted molar refractivity (Wildman–Crippen MR) is 138 cm³/mol. The van der Waals surface area contributed by atoms with Gasteiger partial charge < -0.3 is 20.5 Å². The molecule has 2 aromatic carbocycles. The van der Waals surface area contributed by atoms with Crippen molar-refractivity contribution in [1.29, 1.82) is 0 Å². The summed E-state index contributed by atoms with van der Waals surface area (Å²) in [4.78, 5) is 42.9. The number of aliphatic imine (C=N–C) groups is 1. The number of para-hydroxylation sites is 1. The maximum atomic E-state index is 13.5. The fourth-order valence-corrected chi connectivity index (χ4v) is 4.87. The van der Waals surface area contributed by atoms with Gasteiger partial charge in [-0.3, -0.25) is 14.4 Å². The van der Waals surface area contributed by atoms with Crippen molar-refractivity contribution in [2.75, 3.05) is 12.4 Å². The molecule has 1 aliphatic carbocycles. The summed E-state index contributed by atoms with van der Waals surface area (Å²) in [7, 11) is 1.30. The van der Waals surface area contributed by atoms with Crippen molar-refractivity contribution in [1.82, 2.24) is 5.32 Å². The summed E-state index contributed by atoms with van der Waals surface area (Å²) in [6.45, 7) is 0. The summed E-state index contributed by atoms with van der Waals surface area (Å²) in [6.07, 6.45) is -12.1. The van der Waals surface area contributed by atoms with Crippen molar-refractivity contribution >= 4 is 29.2 Å². The second-order valence-electron chi connectivity index (χ2n) is 10.2. The summed E-state index contributed by atoms with van der Waals surface area (Å²) in [6, 6.07) is 8.54. The average Bonchev–Trinajstić information content (AvgIpc) is 3.74. The van der Waals surface area contributed by atoms with Crippen molar-refractivity contribution in [3.05, 3.63) is 59.2 Å². The zero-order chi connectivity index (χ0) is 30.8. The van der Waals surface area contributed by atoms with E-state index < -0.39 is 66.5 Å². The van der Waals surface area contributed by atoms with Crippen LogP contribution in [0.1, 0.15) is 48.8 Å². The second kappa shape index (κ2) is 12.0. The number of amides is 2. The van der Waals surface area contributed by atoms with Crippen molar-refractivity contribution in [2.45, 2.75) is 50.6 Å². The molecule has 1 saturated carbocycles. The van der Waals surface area contributed by atoms with Gasteiger partial charge in [0.1, 0.15) is 5.75 Å². The molecule has 2 aliphatic rings. The van der Waals surface area contributed by atoms with Crippen LogP contribution in [0.25, 0.3) is 0 Å². The van der Waals surface area contributed by atoms with Gasteiger partial charge in [0.05, 0.1) is 35.9 Å². The van der Waals surface area contributed by atoms with Crippen LogP contribution in [0.3, 0.4) is 0 Å². The van der Waals surface area contributed by atoms with Gasteiger partial charge in [0, 0.05) is 17.5 Å². The molecule has 0 saturated heterocycles. The van der Waals surface area contributed by atoms with Crippen LogP contribution in [-0.2, 0) is 20.6 Å². The number of methoxy groups -OCH3 is 1. The number of hydrogen-bond acceptors (Lipinski definition) is 5. The average molecular weight is 600 g/mol. The Balaban J connectivity index is 1.75. The van der Waals surface area contributed by atoms with E-state index in [1.165, 1.54) is 31.4 Å². The highest BCUT2D eigenvalue weighted by molar-refractivity contribution is 6.20. The van der Waals surface area contributed by atoms with Crippen LogP contribution in [-0.4, -0.2) is 48.1 Å². The minimum Gasteiger partial charge on any atom is -0.495 e. The standard InChI is InChI=1S/C28H27F6N3O5/c1-42-20-7-3-6-18-21(15-4-2-5-16(13-15)28(32,33)34)35-23(25(39)36-22(18)20)37-24(38)17(10-11-27(29,30)31)19(26(40)41)12-14-8-9-14/h2-7,13-14,17,19,23H,8-12H2,1H3,(H,36,39)(H,37,38)(H,40,41)/t17?,19?,23-/m1/s1. The number of aliphatic carboxylic acids is 1. The quantitative estimate of drug-likeness (QED) is 0.316. The fourth-order valence-electron chi connectivity index (χ4n) is 4.87. The molecule has 1 aliphatic heterocycles. The topological polar surface area (TPSA) is 117 Å². The molecule has 226 valence electrons. The Hall–Kier alpha value is -4.10. The number of hydrogen-bond donors (Lipinski definition) is 3. The van der Waals surface area contributed by atoms with Crippen molar-refractivity contribution < 1.29 is 50.6 Å². The van der Waals surface area contributed by atoms with Crippen LogP contribution in [0.2, 0.25) is 0 Å². The molecule has 0 aromatic heterocycles. The van der Waals surface area contributed by atoms with Crippen LogP contribution >= 0.6 is 0 Å². The molecule has 2 amide bonds. The Morgan fingerprint density at radius 2 is 1.79 bits per heavy atom. The molecule has 3 atom stereocenters. The monoisotopic (exact) mass is 599 g/mol. The molecule has 8 nitrogen and oxygen atoms in total. The molecule has 3 N–H and O–H groups in total. The minimum atomic E-state index is -4.71. The normalized spacial score (nSPS) is 18.6. The number of benzodiazepines with no additional fused rings is 1.